The molecule has 11 nitrogen and oxygen atoms in total. The van der Waals surface area contributed by atoms with E-state index in [9.17, 15) is 14.9 Å². The van der Waals surface area contributed by atoms with Crippen LogP contribution in [0, 0.1) is 17.0 Å². The number of fused-ring (bicyclic) bond motifs is 1. The summed E-state index contributed by atoms with van der Waals surface area (Å²) in [6.07, 6.45) is 2.71. The predicted octanol–water partition coefficient (Wildman–Crippen LogP) is 4.36. The van der Waals surface area contributed by atoms with Gasteiger partial charge in [0.1, 0.15) is 10.7 Å². The zero-order chi connectivity index (χ0) is 26.1. The Balaban J connectivity index is 1.31. The Morgan fingerprint density at radius 3 is 2.70 bits per heavy atom. The molecule has 0 saturated carbocycles. The quantitative estimate of drug-likeness (QED) is 0.210. The van der Waals surface area contributed by atoms with Crippen LogP contribution in [0.5, 0.6) is 0 Å². The fourth-order valence-corrected chi connectivity index (χ4v) is 5.31. The molecule has 4 aromatic rings. The van der Waals surface area contributed by atoms with Crippen LogP contribution in [-0.4, -0.2) is 48.8 Å². The number of anilines is 2. The van der Waals surface area contributed by atoms with Crippen LogP contribution in [-0.2, 0) is 6.42 Å². The third-order valence-corrected chi connectivity index (χ3v) is 7.36. The molecule has 3 heterocycles. The predicted molar refractivity (Wildman–Crippen MR) is 146 cm³/mol. The summed E-state index contributed by atoms with van der Waals surface area (Å²) in [6, 6.07) is 10.3. The number of nitrogens with one attached hydrogen (secondary N) is 2. The molecule has 1 amide bonds. The minimum atomic E-state index is -0.525. The molecule has 0 radical (unpaired) electrons. The number of rotatable bonds is 6. The minimum Gasteiger partial charge on any atom is -0.366 e. The van der Waals surface area contributed by atoms with Gasteiger partial charge in [0, 0.05) is 42.4 Å². The summed E-state index contributed by atoms with van der Waals surface area (Å²) in [7, 11) is 0. The summed E-state index contributed by atoms with van der Waals surface area (Å²) in [5.41, 5.74) is 3.10. The Morgan fingerprint density at radius 2 is 1.97 bits per heavy atom. The first-order valence-electron chi connectivity index (χ1n) is 11.8. The molecule has 2 aromatic heterocycles. The normalized spacial score (nSPS) is 13.2. The lowest BCUT2D eigenvalue weighted by molar-refractivity contribution is -0.384. The molecule has 1 aliphatic rings. The van der Waals surface area contributed by atoms with Crippen LogP contribution in [0.4, 0.5) is 17.1 Å². The van der Waals surface area contributed by atoms with E-state index in [1.165, 1.54) is 17.4 Å². The van der Waals surface area contributed by atoms with E-state index in [0.717, 1.165) is 59.3 Å². The monoisotopic (exact) mass is 536 g/mol. The fourth-order valence-electron chi connectivity index (χ4n) is 4.25. The van der Waals surface area contributed by atoms with Gasteiger partial charge in [0.05, 0.1) is 4.92 Å². The van der Waals surface area contributed by atoms with Crippen LogP contribution in [0.15, 0.2) is 36.4 Å². The number of nitrogens with zero attached hydrogens (tertiary/aromatic N) is 6. The average Bonchev–Trinajstić information content (AvgIpc) is 3.63. The lowest BCUT2D eigenvalue weighted by Crippen LogP contribution is -2.34. The Hall–Kier alpha value is -3.97. The van der Waals surface area contributed by atoms with Crippen LogP contribution in [0.1, 0.15) is 41.5 Å². The maximum atomic E-state index is 12.9. The Labute approximate surface area is 221 Å². The molecule has 2 N–H and O–H groups in total. The largest absolute Gasteiger partial charge is 0.366 e. The minimum absolute atomic E-state index is 0.0860. The maximum absolute atomic E-state index is 12.9. The molecule has 13 heteroatoms. The number of amides is 1. The molecular weight excluding hydrogens is 512 g/mol. The van der Waals surface area contributed by atoms with Gasteiger partial charge in [-0.25, -0.2) is 0 Å². The number of hydrogen-bond acceptors (Lipinski definition) is 9. The van der Waals surface area contributed by atoms with Gasteiger partial charge < -0.3 is 10.2 Å². The first-order valence-corrected chi connectivity index (χ1v) is 13.0. The molecule has 2 aromatic carbocycles. The van der Waals surface area contributed by atoms with Crippen molar-refractivity contribution in [3.63, 3.8) is 0 Å². The number of carbonyl (C=O) groups excluding carboxylic acids is 1. The number of aryl methyl sites for hydroxylation is 2. The van der Waals surface area contributed by atoms with Crippen molar-refractivity contribution in [3.8, 4) is 10.6 Å². The zero-order valence-electron chi connectivity index (χ0n) is 20.2. The van der Waals surface area contributed by atoms with E-state index < -0.39 is 10.8 Å². The third kappa shape index (κ3) is 5.00. The van der Waals surface area contributed by atoms with Crippen molar-refractivity contribution in [3.05, 3.63) is 63.5 Å². The van der Waals surface area contributed by atoms with Crippen LogP contribution >= 0.6 is 23.6 Å². The number of aromatic nitrogens is 4. The van der Waals surface area contributed by atoms with E-state index in [4.69, 9.17) is 12.2 Å². The highest BCUT2D eigenvalue weighted by Gasteiger charge is 2.24. The first-order chi connectivity index (χ1) is 17.8. The van der Waals surface area contributed by atoms with E-state index in [-0.39, 0.29) is 16.4 Å². The maximum Gasteiger partial charge on any atom is 0.293 e. The van der Waals surface area contributed by atoms with Gasteiger partial charge in [0.15, 0.2) is 10.9 Å². The van der Waals surface area contributed by atoms with Gasteiger partial charge in [-0.05, 0) is 55.7 Å². The number of nitro benzene ring substituents is 1. The van der Waals surface area contributed by atoms with Gasteiger partial charge in [-0.15, -0.1) is 10.2 Å². The molecule has 0 atom stereocenters. The smallest absolute Gasteiger partial charge is 0.293 e. The second-order valence-corrected chi connectivity index (χ2v) is 10.0. The third-order valence-electron chi connectivity index (χ3n) is 6.21. The molecular formula is C24H24N8O3S2. The SMILES string of the molecule is CCc1nnc2sc(-c3ccc(C)c(NC(=S)NC(=O)c4ccc(N5CCCC5)c([N+](=O)[O-])c4)c3)nn12. The van der Waals surface area contributed by atoms with Gasteiger partial charge in [0.2, 0.25) is 4.96 Å². The number of benzene rings is 2. The molecule has 0 bridgehead atoms. The highest BCUT2D eigenvalue weighted by Crippen LogP contribution is 2.32. The number of nitro groups is 1. The van der Waals surface area contributed by atoms with Crippen molar-refractivity contribution in [2.75, 3.05) is 23.3 Å². The van der Waals surface area contributed by atoms with E-state index >= 15 is 0 Å². The van der Waals surface area contributed by atoms with E-state index in [1.807, 2.05) is 36.9 Å². The summed E-state index contributed by atoms with van der Waals surface area (Å²) in [6.45, 7) is 5.45. The molecule has 1 saturated heterocycles. The second kappa shape index (κ2) is 10.2. The molecule has 1 aliphatic heterocycles. The fraction of sp³-hybridized carbons (Fsp3) is 0.292. The van der Waals surface area contributed by atoms with Gasteiger partial charge in [-0.1, -0.05) is 30.4 Å². The number of hydrogen-bond donors (Lipinski definition) is 2. The van der Waals surface area contributed by atoms with Gasteiger partial charge in [-0.3, -0.25) is 20.2 Å². The van der Waals surface area contributed by atoms with Gasteiger partial charge in [-0.2, -0.15) is 9.61 Å². The van der Waals surface area contributed by atoms with Crippen molar-refractivity contribution < 1.29 is 9.72 Å². The number of carbonyl (C=O) groups is 1. The van der Waals surface area contributed by atoms with Crippen molar-refractivity contribution in [2.45, 2.75) is 33.1 Å². The average molecular weight is 537 g/mol. The molecule has 0 aliphatic carbocycles. The summed E-state index contributed by atoms with van der Waals surface area (Å²) in [5.74, 6) is 0.267. The molecule has 190 valence electrons. The lowest BCUT2D eigenvalue weighted by atomic mass is 10.1. The van der Waals surface area contributed by atoms with Crippen molar-refractivity contribution in [1.82, 2.24) is 25.1 Å². The summed E-state index contributed by atoms with van der Waals surface area (Å²) >= 11 is 6.81. The number of thiocarbonyl (C=S) groups is 1. The van der Waals surface area contributed by atoms with Gasteiger partial charge >= 0.3 is 0 Å². The van der Waals surface area contributed by atoms with E-state index in [1.54, 1.807) is 16.6 Å². The van der Waals surface area contributed by atoms with E-state index in [0.29, 0.717) is 11.4 Å². The zero-order valence-corrected chi connectivity index (χ0v) is 21.9. The highest BCUT2D eigenvalue weighted by molar-refractivity contribution is 7.80. The Morgan fingerprint density at radius 1 is 1.19 bits per heavy atom. The van der Waals surface area contributed by atoms with Crippen LogP contribution in [0.3, 0.4) is 0 Å². The standard InChI is InChI=1S/C24H24N8O3S2/c1-3-20-27-28-24-31(20)29-22(37-24)16-7-6-14(2)17(12-16)25-23(36)26-21(33)15-8-9-18(19(13-15)32(34)35)30-10-4-5-11-30/h6-9,12-13H,3-5,10-11H2,1-2H3,(H2,25,26,33,36). The first kappa shape index (κ1) is 24.7. The topological polar surface area (TPSA) is 131 Å². The molecule has 0 unspecified atom stereocenters. The van der Waals surface area contributed by atoms with Crippen LogP contribution in [0.25, 0.3) is 15.5 Å². The second-order valence-electron chi connectivity index (χ2n) is 8.66. The molecule has 37 heavy (non-hydrogen) atoms. The van der Waals surface area contributed by atoms with Crippen LogP contribution in [0.2, 0.25) is 0 Å². The summed E-state index contributed by atoms with van der Waals surface area (Å²) < 4.78 is 1.74. The van der Waals surface area contributed by atoms with Crippen molar-refractivity contribution in [1.29, 1.82) is 0 Å². The molecule has 1 fully saturated rings. The Bertz CT molecular complexity index is 1520. The highest BCUT2D eigenvalue weighted by atomic mass is 32.1. The van der Waals surface area contributed by atoms with Crippen molar-refractivity contribution >= 4 is 56.6 Å². The van der Waals surface area contributed by atoms with Crippen LogP contribution < -0.4 is 15.5 Å². The van der Waals surface area contributed by atoms with E-state index in [2.05, 4.69) is 25.9 Å². The lowest BCUT2D eigenvalue weighted by Gasteiger charge is -2.18. The Kier molecular flexibility index (Phi) is 6.80. The molecule has 0 spiro atoms. The van der Waals surface area contributed by atoms with Gasteiger partial charge in [0.25, 0.3) is 11.6 Å². The summed E-state index contributed by atoms with van der Waals surface area (Å²) in [5, 5.41) is 31.2. The van der Waals surface area contributed by atoms with Crippen molar-refractivity contribution in [2.24, 2.45) is 0 Å². The summed E-state index contributed by atoms with van der Waals surface area (Å²) in [4.78, 5) is 26.8. The molecule has 5 rings (SSSR count).